The van der Waals surface area contributed by atoms with Crippen molar-refractivity contribution in [3.8, 4) is 0 Å². The fourth-order valence-corrected chi connectivity index (χ4v) is 6.26. The number of hydrogen-bond acceptors (Lipinski definition) is 3. The van der Waals surface area contributed by atoms with Crippen molar-refractivity contribution in [2.45, 2.75) is 57.5 Å². The van der Waals surface area contributed by atoms with Crippen molar-refractivity contribution in [3.05, 3.63) is 29.8 Å². The van der Waals surface area contributed by atoms with Crippen molar-refractivity contribution in [3.63, 3.8) is 0 Å². The number of carbonyl (C=O) groups excluding carboxylic acids is 3. The summed E-state index contributed by atoms with van der Waals surface area (Å²) in [7, 11) is 0. The van der Waals surface area contributed by atoms with Gasteiger partial charge in [-0.15, -0.1) is 0 Å². The van der Waals surface area contributed by atoms with Crippen molar-refractivity contribution in [1.82, 2.24) is 20.0 Å². The lowest BCUT2D eigenvalue weighted by Gasteiger charge is -2.53. The summed E-state index contributed by atoms with van der Waals surface area (Å²) in [6, 6.07) is 8.07. The van der Waals surface area contributed by atoms with Crippen LogP contribution >= 0.6 is 0 Å². The molecular weight excluding hydrogens is 418 g/mol. The Balaban J connectivity index is 1.11. The van der Waals surface area contributed by atoms with Crippen LogP contribution in [0, 0.1) is 18.8 Å². The largest absolute Gasteiger partial charge is 0.339 e. The Kier molecular flexibility index (Phi) is 6.17. The Bertz CT molecular complexity index is 913. The Morgan fingerprint density at radius 3 is 2.64 bits per heavy atom. The molecule has 0 radical (unpaired) electrons. The van der Waals surface area contributed by atoms with E-state index in [0.29, 0.717) is 43.3 Å². The lowest BCUT2D eigenvalue weighted by molar-refractivity contribution is -0.144. The summed E-state index contributed by atoms with van der Waals surface area (Å²) in [5, 5.41) is 5.95. The van der Waals surface area contributed by atoms with Gasteiger partial charge in [0, 0.05) is 56.9 Å². The van der Waals surface area contributed by atoms with Crippen molar-refractivity contribution >= 4 is 23.7 Å². The van der Waals surface area contributed by atoms with Gasteiger partial charge >= 0.3 is 12.1 Å². The van der Waals surface area contributed by atoms with Gasteiger partial charge < -0.3 is 25.3 Å². The maximum atomic E-state index is 13.3. The molecule has 178 valence electrons. The lowest BCUT2D eigenvalue weighted by atomic mass is 9.76. The van der Waals surface area contributed by atoms with E-state index in [2.05, 4.69) is 15.5 Å². The highest BCUT2D eigenvalue weighted by Crippen LogP contribution is 2.38. The van der Waals surface area contributed by atoms with Crippen molar-refractivity contribution in [1.29, 1.82) is 0 Å². The van der Waals surface area contributed by atoms with Crippen LogP contribution in [0.5, 0.6) is 0 Å². The number of nitrogens with zero attached hydrogens (tertiary/aromatic N) is 3. The van der Waals surface area contributed by atoms with Crippen LogP contribution in [-0.2, 0) is 4.79 Å². The van der Waals surface area contributed by atoms with Gasteiger partial charge in [0.15, 0.2) is 0 Å². The van der Waals surface area contributed by atoms with Crippen LogP contribution in [0.2, 0.25) is 0 Å². The highest BCUT2D eigenvalue weighted by atomic mass is 16.2. The minimum absolute atomic E-state index is 0.0707. The molecule has 4 saturated heterocycles. The third-order valence-electron chi connectivity index (χ3n) is 7.83. The summed E-state index contributed by atoms with van der Waals surface area (Å²) >= 11 is 0. The molecule has 5 amide bonds. The number of likely N-dealkylation sites (tertiary alicyclic amines) is 2. The monoisotopic (exact) mass is 453 g/mol. The number of anilines is 1. The number of benzene rings is 1. The predicted octanol–water partition coefficient (Wildman–Crippen LogP) is 3.03. The molecule has 8 nitrogen and oxygen atoms in total. The molecule has 2 unspecified atom stereocenters. The molecule has 4 aliphatic heterocycles. The molecular formula is C25H35N5O3. The average molecular weight is 454 g/mol. The standard InChI is InChI=1S/C25H35N5O3/c1-17-4-2-5-21(12-17)27-24(32)26-20-8-10-28(11-9-20)25(33)29-14-18-13-19(16-29)22-6-3-7-23(31)30(22)15-18/h2,4-5,12,18-20,22H,3,6-11,13-16H2,1H3,(H2,26,27,32)/t18?,19?,22-/m1/s1. The van der Waals surface area contributed by atoms with Gasteiger partial charge in [-0.3, -0.25) is 4.79 Å². The molecule has 1 aromatic rings. The second-order valence-electron chi connectivity index (χ2n) is 10.3. The molecule has 0 aliphatic carbocycles. The van der Waals surface area contributed by atoms with Gasteiger partial charge in [-0.2, -0.15) is 0 Å². The SMILES string of the molecule is Cc1cccc(NC(=O)NC2CCN(C(=O)N3CC4CC(C3)[C@H]3CCCC(=O)N3C4)CC2)c1. The summed E-state index contributed by atoms with van der Waals surface area (Å²) in [6.07, 6.45) is 5.40. The second-order valence-corrected chi connectivity index (χ2v) is 10.3. The topological polar surface area (TPSA) is 85.0 Å². The molecule has 0 aromatic heterocycles. The number of amides is 5. The first-order valence-electron chi connectivity index (χ1n) is 12.4. The number of piperidine rings is 4. The summed E-state index contributed by atoms with van der Waals surface area (Å²) in [5.41, 5.74) is 1.89. The summed E-state index contributed by atoms with van der Waals surface area (Å²) in [5.74, 6) is 1.12. The minimum atomic E-state index is -0.194. The van der Waals surface area contributed by atoms with Gasteiger partial charge in [0.05, 0.1) is 0 Å². The van der Waals surface area contributed by atoms with Crippen LogP contribution < -0.4 is 10.6 Å². The lowest BCUT2D eigenvalue weighted by Crippen LogP contribution is -2.62. The molecule has 33 heavy (non-hydrogen) atoms. The molecule has 2 N–H and O–H groups in total. The number of nitrogens with one attached hydrogen (secondary N) is 2. The Hall–Kier alpha value is -2.77. The molecule has 0 spiro atoms. The minimum Gasteiger partial charge on any atom is -0.339 e. The zero-order chi connectivity index (χ0) is 22.9. The van der Waals surface area contributed by atoms with E-state index in [0.717, 1.165) is 63.0 Å². The van der Waals surface area contributed by atoms with Gasteiger partial charge in [-0.05, 0) is 68.6 Å². The molecule has 4 aliphatic rings. The summed E-state index contributed by atoms with van der Waals surface area (Å²) < 4.78 is 0. The van der Waals surface area contributed by atoms with E-state index < -0.39 is 0 Å². The Labute approximate surface area is 195 Å². The third kappa shape index (κ3) is 4.80. The van der Waals surface area contributed by atoms with Crippen LogP contribution in [-0.4, -0.2) is 77.5 Å². The zero-order valence-electron chi connectivity index (χ0n) is 19.5. The highest BCUT2D eigenvalue weighted by molar-refractivity contribution is 5.89. The quantitative estimate of drug-likeness (QED) is 0.722. The maximum absolute atomic E-state index is 13.3. The molecule has 3 atom stereocenters. The van der Waals surface area contributed by atoms with E-state index in [4.69, 9.17) is 0 Å². The normalized spacial score (nSPS) is 27.7. The number of hydrogen-bond donors (Lipinski definition) is 2. The van der Waals surface area contributed by atoms with Gasteiger partial charge in [0.25, 0.3) is 0 Å². The summed E-state index contributed by atoms with van der Waals surface area (Å²) in [6.45, 7) is 5.65. The van der Waals surface area contributed by atoms with Crippen molar-refractivity contribution in [2.24, 2.45) is 11.8 Å². The number of aryl methyl sites for hydroxylation is 1. The highest BCUT2D eigenvalue weighted by Gasteiger charge is 2.45. The smallest absolute Gasteiger partial charge is 0.320 e. The molecule has 4 heterocycles. The van der Waals surface area contributed by atoms with E-state index >= 15 is 0 Å². The molecule has 5 rings (SSSR count). The Morgan fingerprint density at radius 2 is 1.85 bits per heavy atom. The van der Waals surface area contributed by atoms with Crippen LogP contribution in [0.4, 0.5) is 15.3 Å². The number of rotatable bonds is 2. The fourth-order valence-electron chi connectivity index (χ4n) is 6.26. The van der Waals surface area contributed by atoms with Crippen LogP contribution in [0.25, 0.3) is 0 Å². The fraction of sp³-hybridized carbons (Fsp3) is 0.640. The predicted molar refractivity (Wildman–Crippen MR) is 126 cm³/mol. The zero-order valence-corrected chi connectivity index (χ0v) is 19.5. The van der Waals surface area contributed by atoms with Crippen LogP contribution in [0.1, 0.15) is 44.1 Å². The van der Waals surface area contributed by atoms with Crippen LogP contribution in [0.15, 0.2) is 24.3 Å². The molecule has 4 fully saturated rings. The Morgan fingerprint density at radius 1 is 1.03 bits per heavy atom. The number of fused-ring (bicyclic) bond motifs is 4. The molecule has 8 heteroatoms. The van der Waals surface area contributed by atoms with Gasteiger partial charge in [-0.1, -0.05) is 12.1 Å². The molecule has 1 aromatic carbocycles. The number of urea groups is 2. The van der Waals surface area contributed by atoms with Gasteiger partial charge in [-0.25, -0.2) is 9.59 Å². The van der Waals surface area contributed by atoms with Crippen LogP contribution in [0.3, 0.4) is 0 Å². The van der Waals surface area contributed by atoms with Gasteiger partial charge in [0.2, 0.25) is 5.91 Å². The molecule has 0 saturated carbocycles. The first-order chi connectivity index (χ1) is 16.0. The first-order valence-corrected chi connectivity index (χ1v) is 12.4. The van der Waals surface area contributed by atoms with Crippen molar-refractivity contribution in [2.75, 3.05) is 38.0 Å². The second kappa shape index (κ2) is 9.23. The van der Waals surface area contributed by atoms with E-state index in [1.165, 1.54) is 0 Å². The van der Waals surface area contributed by atoms with E-state index in [1.54, 1.807) is 0 Å². The molecule has 2 bridgehead atoms. The average Bonchev–Trinajstić information content (AvgIpc) is 2.80. The summed E-state index contributed by atoms with van der Waals surface area (Å²) in [4.78, 5) is 44.1. The maximum Gasteiger partial charge on any atom is 0.320 e. The third-order valence-corrected chi connectivity index (χ3v) is 7.83. The number of carbonyl (C=O) groups is 3. The van der Waals surface area contributed by atoms with Gasteiger partial charge in [0.1, 0.15) is 0 Å². The van der Waals surface area contributed by atoms with E-state index in [-0.39, 0.29) is 18.1 Å². The van der Waals surface area contributed by atoms with E-state index in [1.807, 2.05) is 41.0 Å². The van der Waals surface area contributed by atoms with E-state index in [9.17, 15) is 14.4 Å². The first kappa shape index (κ1) is 22.0. The van der Waals surface area contributed by atoms with Crippen molar-refractivity contribution < 1.29 is 14.4 Å².